The Balaban J connectivity index is 1.11. The van der Waals surface area contributed by atoms with E-state index in [2.05, 4.69) is 20.1 Å². The molecule has 0 bridgehead atoms. The van der Waals surface area contributed by atoms with Gasteiger partial charge in [0.1, 0.15) is 5.82 Å². The minimum atomic E-state index is 0.218. The van der Waals surface area contributed by atoms with Crippen molar-refractivity contribution in [3.8, 4) is 0 Å². The first kappa shape index (κ1) is 25.3. The SMILES string of the molecule is O=C(Cc1ccc(Cl)cc1)N1CCC(N2CCCC(Nc3nccc(N4CCCCCC4)n3)C2)CC1. The number of likely N-dealkylation sites (tertiary alicyclic amines) is 2. The first-order chi connectivity index (χ1) is 17.6. The largest absolute Gasteiger partial charge is 0.356 e. The topological polar surface area (TPSA) is 64.6 Å². The zero-order valence-corrected chi connectivity index (χ0v) is 22.0. The minimum Gasteiger partial charge on any atom is -0.356 e. The van der Waals surface area contributed by atoms with Crippen molar-refractivity contribution in [2.75, 3.05) is 49.5 Å². The number of anilines is 2. The van der Waals surface area contributed by atoms with E-state index in [9.17, 15) is 4.79 Å². The summed E-state index contributed by atoms with van der Waals surface area (Å²) in [6.45, 7) is 6.01. The Morgan fingerprint density at radius 3 is 2.42 bits per heavy atom. The molecule has 3 saturated heterocycles. The summed E-state index contributed by atoms with van der Waals surface area (Å²) in [4.78, 5) is 29.3. The number of amides is 1. The number of nitrogens with zero attached hydrogens (tertiary/aromatic N) is 5. The van der Waals surface area contributed by atoms with Gasteiger partial charge in [0, 0.05) is 56.0 Å². The highest BCUT2D eigenvalue weighted by molar-refractivity contribution is 6.30. The van der Waals surface area contributed by atoms with Crippen LogP contribution in [0, 0.1) is 0 Å². The van der Waals surface area contributed by atoms with E-state index in [-0.39, 0.29) is 5.91 Å². The van der Waals surface area contributed by atoms with Gasteiger partial charge in [-0.05, 0) is 68.8 Å². The highest BCUT2D eigenvalue weighted by Gasteiger charge is 2.30. The summed E-state index contributed by atoms with van der Waals surface area (Å²) in [6, 6.07) is 10.6. The molecular formula is C28H39ClN6O. The molecule has 0 radical (unpaired) electrons. The van der Waals surface area contributed by atoms with Crippen molar-refractivity contribution in [1.29, 1.82) is 0 Å². The average Bonchev–Trinajstić information content (AvgIpc) is 3.20. The summed E-state index contributed by atoms with van der Waals surface area (Å²) in [7, 11) is 0. The molecule has 1 atom stereocenters. The number of carbonyl (C=O) groups excluding carboxylic acids is 1. The smallest absolute Gasteiger partial charge is 0.226 e. The molecule has 3 fully saturated rings. The van der Waals surface area contributed by atoms with E-state index in [1.54, 1.807) is 0 Å². The maximum Gasteiger partial charge on any atom is 0.226 e. The molecule has 5 rings (SSSR count). The van der Waals surface area contributed by atoms with Gasteiger partial charge < -0.3 is 15.1 Å². The van der Waals surface area contributed by atoms with E-state index < -0.39 is 0 Å². The number of piperidine rings is 2. The van der Waals surface area contributed by atoms with Crippen LogP contribution >= 0.6 is 11.6 Å². The molecule has 1 amide bonds. The number of halogens is 1. The predicted molar refractivity (Wildman–Crippen MR) is 146 cm³/mol. The van der Waals surface area contributed by atoms with Gasteiger partial charge >= 0.3 is 0 Å². The molecular weight excluding hydrogens is 472 g/mol. The summed E-state index contributed by atoms with van der Waals surface area (Å²) in [5.41, 5.74) is 1.03. The fraction of sp³-hybridized carbons (Fsp3) is 0.607. The predicted octanol–water partition coefficient (Wildman–Crippen LogP) is 4.62. The minimum absolute atomic E-state index is 0.218. The second-order valence-corrected chi connectivity index (χ2v) is 11.0. The van der Waals surface area contributed by atoms with Crippen LogP contribution in [0.15, 0.2) is 36.5 Å². The van der Waals surface area contributed by atoms with Crippen LogP contribution in [-0.4, -0.2) is 77.0 Å². The standard InChI is InChI=1S/C28H39ClN6O/c29-23-9-7-22(8-10-23)20-27(36)34-18-12-25(13-19-34)35-17-5-6-24(21-35)31-28-30-14-11-26(32-28)33-15-3-1-2-4-16-33/h7-11,14,24-25H,1-6,12-13,15-21H2,(H,30,31,32). The highest BCUT2D eigenvalue weighted by atomic mass is 35.5. The van der Waals surface area contributed by atoms with Gasteiger partial charge in [-0.3, -0.25) is 9.69 Å². The fourth-order valence-electron chi connectivity index (χ4n) is 5.90. The lowest BCUT2D eigenvalue weighted by molar-refractivity contribution is -0.132. The number of carbonyl (C=O) groups is 1. The fourth-order valence-corrected chi connectivity index (χ4v) is 6.03. The van der Waals surface area contributed by atoms with Gasteiger partial charge in [0.2, 0.25) is 11.9 Å². The lowest BCUT2D eigenvalue weighted by Gasteiger charge is -2.42. The number of hydrogen-bond donors (Lipinski definition) is 1. The van der Waals surface area contributed by atoms with Crippen molar-refractivity contribution in [3.63, 3.8) is 0 Å². The number of hydrogen-bond acceptors (Lipinski definition) is 6. The zero-order chi connectivity index (χ0) is 24.7. The van der Waals surface area contributed by atoms with Crippen LogP contribution in [0.25, 0.3) is 0 Å². The summed E-state index contributed by atoms with van der Waals surface area (Å²) in [5.74, 6) is 2.03. The third kappa shape index (κ3) is 6.68. The first-order valence-electron chi connectivity index (χ1n) is 13.7. The molecule has 36 heavy (non-hydrogen) atoms. The Morgan fingerprint density at radius 1 is 0.917 bits per heavy atom. The molecule has 3 aliphatic heterocycles. The van der Waals surface area contributed by atoms with E-state index in [0.29, 0.717) is 23.5 Å². The van der Waals surface area contributed by atoms with Crippen LogP contribution in [0.5, 0.6) is 0 Å². The molecule has 3 aliphatic rings. The maximum atomic E-state index is 12.8. The lowest BCUT2D eigenvalue weighted by atomic mass is 9.97. The highest BCUT2D eigenvalue weighted by Crippen LogP contribution is 2.24. The van der Waals surface area contributed by atoms with Crippen molar-refractivity contribution in [1.82, 2.24) is 19.8 Å². The monoisotopic (exact) mass is 510 g/mol. The van der Waals surface area contributed by atoms with Crippen LogP contribution in [0.4, 0.5) is 11.8 Å². The van der Waals surface area contributed by atoms with Gasteiger partial charge in [-0.2, -0.15) is 4.98 Å². The quantitative estimate of drug-likeness (QED) is 0.611. The zero-order valence-electron chi connectivity index (χ0n) is 21.2. The van der Waals surface area contributed by atoms with E-state index in [4.69, 9.17) is 16.6 Å². The van der Waals surface area contributed by atoms with E-state index in [1.165, 1.54) is 32.1 Å². The molecule has 1 N–H and O–H groups in total. The Bertz CT molecular complexity index is 986. The summed E-state index contributed by atoms with van der Waals surface area (Å²) in [5, 5.41) is 4.35. The Hall–Kier alpha value is -2.38. The summed E-state index contributed by atoms with van der Waals surface area (Å²) >= 11 is 5.97. The third-order valence-corrected chi connectivity index (χ3v) is 8.21. The number of rotatable bonds is 6. The van der Waals surface area contributed by atoms with Crippen molar-refractivity contribution in [2.24, 2.45) is 0 Å². The number of benzene rings is 1. The average molecular weight is 511 g/mol. The summed E-state index contributed by atoms with van der Waals surface area (Å²) in [6.07, 6.45) is 11.9. The van der Waals surface area contributed by atoms with Gasteiger partial charge in [-0.1, -0.05) is 36.6 Å². The second kappa shape index (κ2) is 12.2. The van der Waals surface area contributed by atoms with E-state index in [1.807, 2.05) is 41.4 Å². The lowest BCUT2D eigenvalue weighted by Crippen LogP contribution is -2.52. The van der Waals surface area contributed by atoms with E-state index in [0.717, 1.165) is 75.9 Å². The van der Waals surface area contributed by atoms with Crippen molar-refractivity contribution >= 4 is 29.3 Å². The van der Waals surface area contributed by atoms with Gasteiger partial charge in [0.25, 0.3) is 0 Å². The van der Waals surface area contributed by atoms with Gasteiger partial charge in [-0.25, -0.2) is 4.98 Å². The van der Waals surface area contributed by atoms with Gasteiger partial charge in [-0.15, -0.1) is 0 Å². The van der Waals surface area contributed by atoms with Crippen LogP contribution in [0.3, 0.4) is 0 Å². The van der Waals surface area contributed by atoms with Crippen LogP contribution in [0.1, 0.15) is 56.9 Å². The van der Waals surface area contributed by atoms with Crippen molar-refractivity contribution in [2.45, 2.75) is 69.9 Å². The molecule has 8 heteroatoms. The van der Waals surface area contributed by atoms with Crippen LogP contribution in [-0.2, 0) is 11.2 Å². The van der Waals surface area contributed by atoms with Crippen molar-refractivity contribution in [3.05, 3.63) is 47.1 Å². The van der Waals surface area contributed by atoms with Crippen LogP contribution in [0.2, 0.25) is 5.02 Å². The molecule has 1 aromatic heterocycles. The molecule has 2 aromatic rings. The number of nitrogens with one attached hydrogen (secondary N) is 1. The first-order valence-corrected chi connectivity index (χ1v) is 14.1. The molecule has 0 saturated carbocycles. The Kier molecular flexibility index (Phi) is 8.59. The van der Waals surface area contributed by atoms with Gasteiger partial charge in [0.05, 0.1) is 6.42 Å². The van der Waals surface area contributed by atoms with Crippen molar-refractivity contribution < 1.29 is 4.79 Å². The Morgan fingerprint density at radius 2 is 1.67 bits per heavy atom. The molecule has 1 aromatic carbocycles. The summed E-state index contributed by atoms with van der Waals surface area (Å²) < 4.78 is 0. The maximum absolute atomic E-state index is 12.8. The normalized spacial score (nSPS) is 22.3. The molecule has 4 heterocycles. The molecule has 1 unspecified atom stereocenters. The molecule has 0 spiro atoms. The van der Waals surface area contributed by atoms with E-state index >= 15 is 0 Å². The Labute approximate surface area is 220 Å². The van der Waals surface area contributed by atoms with Crippen LogP contribution < -0.4 is 10.2 Å². The molecule has 194 valence electrons. The molecule has 7 nitrogen and oxygen atoms in total. The third-order valence-electron chi connectivity index (χ3n) is 7.96. The second-order valence-electron chi connectivity index (χ2n) is 10.5. The number of aromatic nitrogens is 2. The van der Waals surface area contributed by atoms with Gasteiger partial charge in [0.15, 0.2) is 0 Å². The molecule has 0 aliphatic carbocycles.